The SMILES string of the molecule is COc1ccc(F)cc1.O=CN1CCc2c([nH]c3ccc(Br)cc23)C1c1ccc(C(F)(F)F)cc1. The molecule has 1 unspecified atom stereocenters. The summed E-state index contributed by atoms with van der Waals surface area (Å²) < 4.78 is 56.5. The molecule has 3 aromatic carbocycles. The number of H-pyrrole nitrogens is 1. The largest absolute Gasteiger partial charge is 0.497 e. The number of ether oxygens (including phenoxy) is 1. The van der Waals surface area contributed by atoms with E-state index in [2.05, 4.69) is 20.9 Å². The highest BCUT2D eigenvalue weighted by Crippen LogP contribution is 2.39. The molecule has 0 saturated carbocycles. The van der Waals surface area contributed by atoms with Gasteiger partial charge in [-0.1, -0.05) is 28.1 Å². The second-order valence-corrected chi connectivity index (χ2v) is 8.90. The van der Waals surface area contributed by atoms with Crippen LogP contribution in [0.3, 0.4) is 0 Å². The summed E-state index contributed by atoms with van der Waals surface area (Å²) in [7, 11) is 1.55. The minimum atomic E-state index is -4.38. The van der Waals surface area contributed by atoms with Crippen LogP contribution in [-0.4, -0.2) is 29.9 Å². The van der Waals surface area contributed by atoms with Crippen LogP contribution in [0.2, 0.25) is 0 Å². The summed E-state index contributed by atoms with van der Waals surface area (Å²) in [6, 6.07) is 16.4. The first-order valence-corrected chi connectivity index (χ1v) is 11.5. The number of hydrogen-bond acceptors (Lipinski definition) is 2. The van der Waals surface area contributed by atoms with Gasteiger partial charge in [0, 0.05) is 27.6 Å². The van der Waals surface area contributed by atoms with E-state index >= 15 is 0 Å². The Hall–Kier alpha value is -3.33. The van der Waals surface area contributed by atoms with E-state index in [1.807, 2.05) is 18.2 Å². The molecule has 0 fully saturated rings. The third-order valence-corrected chi connectivity index (χ3v) is 6.36. The number of methoxy groups -OCH3 is 1. The van der Waals surface area contributed by atoms with Gasteiger partial charge in [0.15, 0.2) is 0 Å². The molecule has 0 aliphatic carbocycles. The van der Waals surface area contributed by atoms with Crippen LogP contribution in [-0.2, 0) is 17.4 Å². The molecule has 0 saturated heterocycles. The van der Waals surface area contributed by atoms with Gasteiger partial charge < -0.3 is 14.6 Å². The van der Waals surface area contributed by atoms with Crippen LogP contribution in [0, 0.1) is 5.82 Å². The van der Waals surface area contributed by atoms with Crippen molar-refractivity contribution < 1.29 is 27.1 Å². The van der Waals surface area contributed by atoms with Gasteiger partial charge in [-0.2, -0.15) is 13.2 Å². The fraction of sp³-hybridized carbons (Fsp3) is 0.192. The van der Waals surface area contributed by atoms with E-state index in [0.29, 0.717) is 24.3 Å². The molecule has 1 amide bonds. The van der Waals surface area contributed by atoms with Gasteiger partial charge in [0.2, 0.25) is 6.41 Å². The van der Waals surface area contributed by atoms with Crippen molar-refractivity contribution in [3.05, 3.63) is 99.4 Å². The summed E-state index contributed by atoms with van der Waals surface area (Å²) in [6.45, 7) is 0.516. The summed E-state index contributed by atoms with van der Waals surface area (Å²) in [5.74, 6) is 0.437. The lowest BCUT2D eigenvalue weighted by Crippen LogP contribution is -2.35. The Morgan fingerprint density at radius 3 is 2.34 bits per heavy atom. The van der Waals surface area contributed by atoms with Crippen LogP contribution in [0.25, 0.3) is 10.9 Å². The summed E-state index contributed by atoms with van der Waals surface area (Å²) in [5, 5.41) is 1.07. The van der Waals surface area contributed by atoms with Gasteiger partial charge in [-0.05, 0) is 72.1 Å². The van der Waals surface area contributed by atoms with E-state index in [-0.39, 0.29) is 5.82 Å². The zero-order valence-corrected chi connectivity index (χ0v) is 20.2. The lowest BCUT2D eigenvalue weighted by atomic mass is 9.92. The Morgan fingerprint density at radius 1 is 1.06 bits per heavy atom. The molecule has 4 aromatic rings. The van der Waals surface area contributed by atoms with Crippen LogP contribution < -0.4 is 4.74 Å². The Kier molecular flexibility index (Phi) is 7.16. The molecule has 0 bridgehead atoms. The van der Waals surface area contributed by atoms with Crippen LogP contribution in [0.15, 0.2) is 71.2 Å². The highest BCUT2D eigenvalue weighted by molar-refractivity contribution is 9.10. The fourth-order valence-corrected chi connectivity index (χ4v) is 4.54. The highest BCUT2D eigenvalue weighted by atomic mass is 79.9. The Balaban J connectivity index is 0.000000271. The molecular formula is C26H21BrF4N2O2. The first-order valence-electron chi connectivity index (χ1n) is 10.7. The normalized spacial score (nSPS) is 15.3. The number of nitrogens with zero attached hydrogens (tertiary/aromatic N) is 1. The van der Waals surface area contributed by atoms with E-state index in [4.69, 9.17) is 4.74 Å². The molecule has 182 valence electrons. The highest BCUT2D eigenvalue weighted by Gasteiger charge is 2.33. The predicted octanol–water partition coefficient (Wildman–Crippen LogP) is 6.89. The second-order valence-electron chi connectivity index (χ2n) is 7.98. The molecule has 5 rings (SSSR count). The predicted molar refractivity (Wildman–Crippen MR) is 129 cm³/mol. The van der Waals surface area contributed by atoms with Gasteiger partial charge in [0.1, 0.15) is 11.6 Å². The average molecular weight is 549 g/mol. The van der Waals surface area contributed by atoms with Crippen molar-refractivity contribution in [1.29, 1.82) is 0 Å². The fourth-order valence-electron chi connectivity index (χ4n) is 4.18. The topological polar surface area (TPSA) is 45.3 Å². The van der Waals surface area contributed by atoms with Crippen molar-refractivity contribution in [1.82, 2.24) is 9.88 Å². The minimum Gasteiger partial charge on any atom is -0.497 e. The molecule has 1 aliphatic heterocycles. The number of amides is 1. The van der Waals surface area contributed by atoms with Gasteiger partial charge in [-0.3, -0.25) is 4.79 Å². The van der Waals surface area contributed by atoms with Crippen molar-refractivity contribution in [2.24, 2.45) is 0 Å². The van der Waals surface area contributed by atoms with Crippen LogP contribution >= 0.6 is 15.9 Å². The quantitative estimate of drug-likeness (QED) is 0.224. The van der Waals surface area contributed by atoms with Crippen molar-refractivity contribution in [2.75, 3.05) is 13.7 Å². The van der Waals surface area contributed by atoms with E-state index < -0.39 is 17.8 Å². The van der Waals surface area contributed by atoms with Crippen molar-refractivity contribution in [2.45, 2.75) is 18.6 Å². The molecule has 2 heterocycles. The number of aromatic amines is 1. The van der Waals surface area contributed by atoms with Gasteiger partial charge in [0.05, 0.1) is 18.7 Å². The smallest absolute Gasteiger partial charge is 0.416 e. The van der Waals surface area contributed by atoms with Gasteiger partial charge >= 0.3 is 6.18 Å². The van der Waals surface area contributed by atoms with E-state index in [1.54, 1.807) is 24.1 Å². The van der Waals surface area contributed by atoms with E-state index in [0.717, 1.165) is 45.2 Å². The number of alkyl halides is 3. The van der Waals surface area contributed by atoms with Crippen molar-refractivity contribution >= 4 is 33.2 Å². The van der Waals surface area contributed by atoms with E-state index in [1.165, 1.54) is 24.3 Å². The lowest BCUT2D eigenvalue weighted by molar-refractivity contribution is -0.137. The lowest BCUT2D eigenvalue weighted by Gasteiger charge is -2.33. The number of carbonyl (C=O) groups is 1. The molecular weight excluding hydrogens is 528 g/mol. The zero-order valence-electron chi connectivity index (χ0n) is 18.6. The van der Waals surface area contributed by atoms with Crippen molar-refractivity contribution in [3.63, 3.8) is 0 Å². The monoisotopic (exact) mass is 548 g/mol. The summed E-state index contributed by atoms with van der Waals surface area (Å²) in [4.78, 5) is 16.6. The molecule has 1 aliphatic rings. The Labute approximate surface area is 207 Å². The molecule has 9 heteroatoms. The molecule has 0 radical (unpaired) electrons. The summed E-state index contributed by atoms with van der Waals surface area (Å²) in [5.41, 5.74) is 2.86. The summed E-state index contributed by atoms with van der Waals surface area (Å²) >= 11 is 3.47. The first-order chi connectivity index (χ1) is 16.7. The number of carbonyl (C=O) groups excluding carboxylic acids is 1. The zero-order chi connectivity index (χ0) is 25.2. The van der Waals surface area contributed by atoms with Crippen molar-refractivity contribution in [3.8, 4) is 5.75 Å². The maximum absolute atomic E-state index is 12.8. The molecule has 4 nitrogen and oxygen atoms in total. The summed E-state index contributed by atoms with van der Waals surface area (Å²) in [6.07, 6.45) is -2.93. The number of hydrogen-bond donors (Lipinski definition) is 1. The van der Waals surface area contributed by atoms with Gasteiger partial charge in [-0.15, -0.1) is 0 Å². The van der Waals surface area contributed by atoms with Gasteiger partial charge in [-0.25, -0.2) is 4.39 Å². The van der Waals surface area contributed by atoms with Crippen LogP contribution in [0.4, 0.5) is 17.6 Å². The number of aromatic nitrogens is 1. The molecule has 0 spiro atoms. The maximum atomic E-state index is 12.8. The number of nitrogens with one attached hydrogen (secondary N) is 1. The number of fused-ring (bicyclic) bond motifs is 3. The number of halogens is 5. The third kappa shape index (κ3) is 5.35. The Morgan fingerprint density at radius 2 is 1.74 bits per heavy atom. The van der Waals surface area contributed by atoms with E-state index in [9.17, 15) is 22.4 Å². The molecule has 1 aromatic heterocycles. The van der Waals surface area contributed by atoms with Crippen LogP contribution in [0.5, 0.6) is 5.75 Å². The molecule has 1 N–H and O–H groups in total. The first kappa shape index (κ1) is 24.8. The minimum absolute atomic E-state index is 0.240. The van der Waals surface area contributed by atoms with Gasteiger partial charge in [0.25, 0.3) is 0 Å². The molecule has 1 atom stereocenters. The number of benzene rings is 3. The Bertz CT molecular complexity index is 1320. The third-order valence-electron chi connectivity index (χ3n) is 5.86. The standard InChI is InChI=1S/C19H14BrF3N2O.C7H7FO/c20-13-5-6-16-15(9-13)14-7-8-25(10-26)18(17(14)24-16)11-1-3-12(4-2-11)19(21,22)23;1-9-7-4-2-6(8)3-5-7/h1-6,9-10,18,24H,7-8H2;2-5H,1H3. The maximum Gasteiger partial charge on any atom is 0.416 e. The molecule has 35 heavy (non-hydrogen) atoms. The number of rotatable bonds is 3. The second kappa shape index (κ2) is 10.1. The van der Waals surface area contributed by atoms with Crippen LogP contribution in [0.1, 0.15) is 28.4 Å². The average Bonchev–Trinajstić information content (AvgIpc) is 3.21.